The zero-order valence-corrected chi connectivity index (χ0v) is 19.9. The molecule has 0 saturated carbocycles. The van der Waals surface area contributed by atoms with Crippen LogP contribution < -0.4 is 14.8 Å². The van der Waals surface area contributed by atoms with Crippen LogP contribution in [0.5, 0.6) is 11.5 Å². The molecule has 2 aromatic rings. The minimum absolute atomic E-state index is 0.168. The molecule has 0 heterocycles. The van der Waals surface area contributed by atoms with Crippen molar-refractivity contribution >= 4 is 72.6 Å². The third kappa shape index (κ3) is 7.84. The molecule has 0 fully saturated rings. The molecule has 2 aromatic carbocycles. The fraction of sp³-hybridized carbons (Fsp3) is 0.211. The molecule has 0 spiro atoms. The molecule has 0 saturated heterocycles. The Morgan fingerprint density at radius 2 is 1.68 bits per heavy atom. The molecule has 28 heavy (non-hydrogen) atoms. The SMILES string of the molecule is O=C(NCCCOc1c(Cl)cc(OCC=C(Br)Br)cc1Cl)c1ccc(Cl)cc1. The van der Waals surface area contributed by atoms with Crippen molar-refractivity contribution in [2.24, 2.45) is 0 Å². The van der Waals surface area contributed by atoms with Crippen LogP contribution in [0.15, 0.2) is 45.9 Å². The first-order valence-corrected chi connectivity index (χ1v) is 10.9. The van der Waals surface area contributed by atoms with Crippen molar-refractivity contribution in [2.75, 3.05) is 19.8 Å². The molecule has 0 unspecified atom stereocenters. The van der Waals surface area contributed by atoms with Gasteiger partial charge in [0.1, 0.15) is 12.4 Å². The van der Waals surface area contributed by atoms with Crippen LogP contribution in [0.3, 0.4) is 0 Å². The Morgan fingerprint density at radius 1 is 1.04 bits per heavy atom. The maximum atomic E-state index is 12.0. The van der Waals surface area contributed by atoms with Crippen molar-refractivity contribution < 1.29 is 14.3 Å². The predicted molar refractivity (Wildman–Crippen MR) is 122 cm³/mol. The van der Waals surface area contributed by atoms with Crippen LogP contribution in [0.2, 0.25) is 15.1 Å². The summed E-state index contributed by atoms with van der Waals surface area (Å²) in [7, 11) is 0. The van der Waals surface area contributed by atoms with Gasteiger partial charge in [-0.1, -0.05) is 34.8 Å². The van der Waals surface area contributed by atoms with Gasteiger partial charge in [-0.05, 0) is 68.6 Å². The molecule has 0 aliphatic rings. The molecule has 4 nitrogen and oxygen atoms in total. The molecule has 1 N–H and O–H groups in total. The van der Waals surface area contributed by atoms with E-state index >= 15 is 0 Å². The maximum absolute atomic E-state index is 12.0. The predicted octanol–water partition coefficient (Wildman–Crippen LogP) is 6.86. The Kier molecular flexibility index (Phi) is 9.95. The van der Waals surface area contributed by atoms with Crippen molar-refractivity contribution in [1.82, 2.24) is 5.32 Å². The quantitative estimate of drug-likeness (QED) is 0.334. The Bertz CT molecular complexity index is 818. The van der Waals surface area contributed by atoms with Crippen molar-refractivity contribution in [1.29, 1.82) is 0 Å². The van der Waals surface area contributed by atoms with Gasteiger partial charge in [0.05, 0.1) is 20.0 Å². The van der Waals surface area contributed by atoms with E-state index in [1.54, 1.807) is 42.5 Å². The molecular formula is C19H16Br2Cl3NO3. The first kappa shape index (κ1) is 23.4. The zero-order valence-electron chi connectivity index (χ0n) is 14.5. The van der Waals surface area contributed by atoms with Gasteiger partial charge in [0.15, 0.2) is 5.75 Å². The summed E-state index contributed by atoms with van der Waals surface area (Å²) >= 11 is 24.8. The second kappa shape index (κ2) is 11.9. The normalized spacial score (nSPS) is 10.3. The lowest BCUT2D eigenvalue weighted by molar-refractivity contribution is 0.0951. The molecular weight excluding hydrogens is 556 g/mol. The second-order valence-corrected chi connectivity index (χ2v) is 9.51. The fourth-order valence-electron chi connectivity index (χ4n) is 2.11. The van der Waals surface area contributed by atoms with E-state index in [1.807, 2.05) is 0 Å². The van der Waals surface area contributed by atoms with Gasteiger partial charge in [-0.2, -0.15) is 0 Å². The Balaban J connectivity index is 1.78. The van der Waals surface area contributed by atoms with Crippen molar-refractivity contribution in [3.05, 3.63) is 66.5 Å². The third-order valence-corrected chi connectivity index (χ3v) is 4.88. The molecule has 2 rings (SSSR count). The van der Waals surface area contributed by atoms with E-state index in [9.17, 15) is 4.79 Å². The summed E-state index contributed by atoms with van der Waals surface area (Å²) in [6.07, 6.45) is 2.39. The van der Waals surface area contributed by atoms with Gasteiger partial charge in [-0.3, -0.25) is 4.79 Å². The summed E-state index contributed by atoms with van der Waals surface area (Å²) in [5.41, 5.74) is 0.550. The largest absolute Gasteiger partial charge is 0.490 e. The van der Waals surface area contributed by atoms with Gasteiger partial charge >= 0.3 is 0 Å². The summed E-state index contributed by atoms with van der Waals surface area (Å²) in [6, 6.07) is 9.97. The molecule has 1 amide bonds. The molecule has 0 radical (unpaired) electrons. The van der Waals surface area contributed by atoms with E-state index in [1.165, 1.54) is 0 Å². The Morgan fingerprint density at radius 3 is 2.29 bits per heavy atom. The van der Waals surface area contributed by atoms with Crippen molar-refractivity contribution in [3.8, 4) is 11.5 Å². The van der Waals surface area contributed by atoms with E-state index < -0.39 is 0 Å². The smallest absolute Gasteiger partial charge is 0.251 e. The summed E-state index contributed by atoms with van der Waals surface area (Å²) in [6.45, 7) is 1.15. The molecule has 9 heteroatoms. The Labute approximate surface area is 195 Å². The number of rotatable bonds is 9. The second-order valence-electron chi connectivity index (χ2n) is 5.49. The first-order valence-electron chi connectivity index (χ1n) is 8.16. The fourth-order valence-corrected chi connectivity index (χ4v) is 3.08. The lowest BCUT2D eigenvalue weighted by atomic mass is 10.2. The first-order chi connectivity index (χ1) is 13.4. The van der Waals surface area contributed by atoms with E-state index in [0.717, 1.165) is 3.39 Å². The summed E-state index contributed by atoms with van der Waals surface area (Å²) < 4.78 is 12.0. The van der Waals surface area contributed by atoms with Crippen LogP contribution in [0.25, 0.3) is 0 Å². The average molecular weight is 573 g/mol. The van der Waals surface area contributed by atoms with Crippen LogP contribution in [0.4, 0.5) is 0 Å². The maximum Gasteiger partial charge on any atom is 0.251 e. The highest BCUT2D eigenvalue weighted by Gasteiger charge is 2.11. The molecule has 0 aromatic heterocycles. The Hall–Kier alpha value is -0.920. The number of ether oxygens (including phenoxy) is 2. The van der Waals surface area contributed by atoms with Gasteiger partial charge in [-0.15, -0.1) is 0 Å². The lowest BCUT2D eigenvalue weighted by Gasteiger charge is -2.12. The number of amides is 1. The number of hydrogen-bond acceptors (Lipinski definition) is 3. The summed E-state index contributed by atoms with van der Waals surface area (Å²) in [5, 5.41) is 4.11. The van der Waals surface area contributed by atoms with Gasteiger partial charge in [0.2, 0.25) is 0 Å². The van der Waals surface area contributed by atoms with Gasteiger partial charge in [-0.25, -0.2) is 0 Å². The van der Waals surface area contributed by atoms with Crippen LogP contribution in [0, 0.1) is 0 Å². The van der Waals surface area contributed by atoms with Gasteiger partial charge < -0.3 is 14.8 Å². The minimum Gasteiger partial charge on any atom is -0.490 e. The van der Waals surface area contributed by atoms with Crippen molar-refractivity contribution in [3.63, 3.8) is 0 Å². The molecule has 0 bridgehead atoms. The highest BCUT2D eigenvalue weighted by molar-refractivity contribution is 9.28. The number of carbonyl (C=O) groups excluding carboxylic acids is 1. The number of hydrogen-bond donors (Lipinski definition) is 1. The highest BCUT2D eigenvalue weighted by atomic mass is 79.9. The van der Waals surface area contributed by atoms with Crippen molar-refractivity contribution in [2.45, 2.75) is 6.42 Å². The molecule has 0 aliphatic heterocycles. The minimum atomic E-state index is -0.168. The topological polar surface area (TPSA) is 47.6 Å². The lowest BCUT2D eigenvalue weighted by Crippen LogP contribution is -2.25. The molecule has 0 atom stereocenters. The number of halogens is 5. The molecule has 150 valence electrons. The van der Waals surface area contributed by atoms with Gasteiger partial charge in [0, 0.05) is 29.3 Å². The number of nitrogens with one attached hydrogen (secondary N) is 1. The highest BCUT2D eigenvalue weighted by Crippen LogP contribution is 2.37. The molecule has 0 aliphatic carbocycles. The zero-order chi connectivity index (χ0) is 20.5. The third-order valence-electron chi connectivity index (χ3n) is 3.42. The summed E-state index contributed by atoms with van der Waals surface area (Å²) in [5.74, 6) is 0.755. The van der Waals surface area contributed by atoms with E-state index in [-0.39, 0.29) is 5.91 Å². The van der Waals surface area contributed by atoms with Crippen LogP contribution in [0.1, 0.15) is 16.8 Å². The average Bonchev–Trinajstić information content (AvgIpc) is 2.63. The van der Waals surface area contributed by atoms with Crippen LogP contribution >= 0.6 is 66.7 Å². The number of carbonyl (C=O) groups is 1. The van der Waals surface area contributed by atoms with E-state index in [2.05, 4.69) is 37.2 Å². The van der Waals surface area contributed by atoms with Crippen LogP contribution in [-0.4, -0.2) is 25.7 Å². The number of benzene rings is 2. The summed E-state index contributed by atoms with van der Waals surface area (Å²) in [4.78, 5) is 12.0. The standard InChI is InChI=1S/C19H16Br2Cl3NO3/c20-17(21)6-9-27-14-10-15(23)18(16(24)11-14)28-8-1-7-25-19(26)12-2-4-13(22)5-3-12/h2-6,10-11H,1,7-9H2,(H,25,26). The van der Waals surface area contributed by atoms with E-state index in [4.69, 9.17) is 44.3 Å². The van der Waals surface area contributed by atoms with Crippen LogP contribution in [-0.2, 0) is 0 Å². The monoisotopic (exact) mass is 569 g/mol. The van der Waals surface area contributed by atoms with Gasteiger partial charge in [0.25, 0.3) is 5.91 Å². The van der Waals surface area contributed by atoms with E-state index in [0.29, 0.717) is 58.3 Å².